The van der Waals surface area contributed by atoms with Crippen LogP contribution in [0.25, 0.3) is 0 Å². The Kier molecular flexibility index (Phi) is 4.31. The summed E-state index contributed by atoms with van der Waals surface area (Å²) < 4.78 is 39.2. The lowest BCUT2D eigenvalue weighted by molar-refractivity contribution is 0.372. The molecule has 0 saturated carbocycles. The maximum Gasteiger partial charge on any atom is 0.240 e. The maximum atomic E-state index is 12.7. The molecule has 0 atom stereocenters. The highest BCUT2D eigenvalue weighted by Gasteiger charge is 2.18. The number of nitrogens with one attached hydrogen (secondary N) is 2. The van der Waals surface area contributed by atoms with Crippen molar-refractivity contribution in [2.24, 2.45) is 5.92 Å². The standard InChI is InChI=1S/C12H17FN2O2S/c13-11-1-3-12(4-2-11)18(16,17)15-9-10-5-7-14-8-6-10/h1-4,10,14-15H,5-9H2. The van der Waals surface area contributed by atoms with Crippen molar-refractivity contribution in [3.8, 4) is 0 Å². The quantitative estimate of drug-likeness (QED) is 0.863. The van der Waals surface area contributed by atoms with Crippen LogP contribution >= 0.6 is 0 Å². The van der Waals surface area contributed by atoms with Gasteiger partial charge in [0, 0.05) is 6.54 Å². The van der Waals surface area contributed by atoms with Crippen LogP contribution in [0.2, 0.25) is 0 Å². The molecule has 6 heteroatoms. The second-order valence-electron chi connectivity index (χ2n) is 4.50. The van der Waals surface area contributed by atoms with E-state index in [-0.39, 0.29) is 4.90 Å². The van der Waals surface area contributed by atoms with Crippen LogP contribution in [0, 0.1) is 11.7 Å². The van der Waals surface area contributed by atoms with Gasteiger partial charge in [-0.1, -0.05) is 0 Å². The number of benzene rings is 1. The predicted molar refractivity (Wildman–Crippen MR) is 67.2 cm³/mol. The number of halogens is 1. The second kappa shape index (κ2) is 5.77. The highest BCUT2D eigenvalue weighted by Crippen LogP contribution is 2.13. The van der Waals surface area contributed by atoms with Crippen LogP contribution in [0.4, 0.5) is 4.39 Å². The van der Waals surface area contributed by atoms with Crippen LogP contribution in [0.1, 0.15) is 12.8 Å². The Hall–Kier alpha value is -0.980. The van der Waals surface area contributed by atoms with Crippen LogP contribution < -0.4 is 10.0 Å². The van der Waals surface area contributed by atoms with E-state index in [1.807, 2.05) is 0 Å². The molecule has 0 aromatic heterocycles. The van der Waals surface area contributed by atoms with E-state index in [2.05, 4.69) is 10.0 Å². The fourth-order valence-corrected chi connectivity index (χ4v) is 3.13. The van der Waals surface area contributed by atoms with Crippen LogP contribution in [-0.4, -0.2) is 28.1 Å². The third-order valence-corrected chi connectivity index (χ3v) is 4.58. The molecule has 2 rings (SSSR count). The molecule has 0 unspecified atom stereocenters. The number of rotatable bonds is 4. The van der Waals surface area contributed by atoms with Gasteiger partial charge in [-0.15, -0.1) is 0 Å². The van der Waals surface area contributed by atoms with E-state index < -0.39 is 15.8 Å². The summed E-state index contributed by atoms with van der Waals surface area (Å²) >= 11 is 0. The zero-order valence-corrected chi connectivity index (χ0v) is 10.8. The molecule has 1 aromatic rings. The lowest BCUT2D eigenvalue weighted by Gasteiger charge is -2.22. The third kappa shape index (κ3) is 3.51. The summed E-state index contributed by atoms with van der Waals surface area (Å²) in [5.41, 5.74) is 0. The largest absolute Gasteiger partial charge is 0.317 e. The molecule has 100 valence electrons. The molecule has 1 aromatic carbocycles. The van der Waals surface area contributed by atoms with Crippen molar-refractivity contribution in [3.63, 3.8) is 0 Å². The van der Waals surface area contributed by atoms with E-state index in [4.69, 9.17) is 0 Å². The number of sulfonamides is 1. The molecule has 1 fully saturated rings. The van der Waals surface area contributed by atoms with Crippen molar-refractivity contribution in [1.82, 2.24) is 10.0 Å². The lowest BCUT2D eigenvalue weighted by atomic mass is 9.99. The monoisotopic (exact) mass is 272 g/mol. The van der Waals surface area contributed by atoms with Gasteiger partial charge < -0.3 is 5.32 Å². The summed E-state index contributed by atoms with van der Waals surface area (Å²) in [6, 6.07) is 4.86. The van der Waals surface area contributed by atoms with Crippen molar-refractivity contribution in [1.29, 1.82) is 0 Å². The molecule has 0 spiro atoms. The van der Waals surface area contributed by atoms with E-state index >= 15 is 0 Å². The Morgan fingerprint density at radius 2 is 1.83 bits per heavy atom. The SMILES string of the molecule is O=S(=O)(NCC1CCNCC1)c1ccc(F)cc1. The van der Waals surface area contributed by atoms with Gasteiger partial charge in [0.15, 0.2) is 0 Å². The fraction of sp³-hybridized carbons (Fsp3) is 0.500. The number of piperidine rings is 1. The molecule has 18 heavy (non-hydrogen) atoms. The normalized spacial score (nSPS) is 17.8. The Morgan fingerprint density at radius 1 is 1.22 bits per heavy atom. The van der Waals surface area contributed by atoms with Gasteiger partial charge >= 0.3 is 0 Å². The summed E-state index contributed by atoms with van der Waals surface area (Å²) in [5.74, 6) is -0.0613. The van der Waals surface area contributed by atoms with Crippen LogP contribution in [0.3, 0.4) is 0 Å². The van der Waals surface area contributed by atoms with Gasteiger partial charge in [0.1, 0.15) is 5.82 Å². The first-order valence-corrected chi connectivity index (χ1v) is 7.52. The average Bonchev–Trinajstić information content (AvgIpc) is 2.38. The average molecular weight is 272 g/mol. The van der Waals surface area contributed by atoms with Crippen molar-refractivity contribution >= 4 is 10.0 Å². The van der Waals surface area contributed by atoms with Gasteiger partial charge in [-0.25, -0.2) is 17.5 Å². The minimum atomic E-state index is -3.51. The fourth-order valence-electron chi connectivity index (χ4n) is 2.01. The zero-order valence-electron chi connectivity index (χ0n) is 10.0. The van der Waals surface area contributed by atoms with E-state index in [1.54, 1.807) is 0 Å². The van der Waals surface area contributed by atoms with E-state index in [0.29, 0.717) is 12.5 Å². The van der Waals surface area contributed by atoms with Crippen molar-refractivity contribution in [2.75, 3.05) is 19.6 Å². The molecule has 1 saturated heterocycles. The first-order chi connectivity index (χ1) is 8.58. The Morgan fingerprint density at radius 3 is 2.44 bits per heavy atom. The molecular weight excluding hydrogens is 255 g/mol. The molecule has 4 nitrogen and oxygen atoms in total. The molecule has 0 bridgehead atoms. The first kappa shape index (κ1) is 13.5. The molecule has 1 heterocycles. The number of hydrogen-bond donors (Lipinski definition) is 2. The Balaban J connectivity index is 1.96. The smallest absolute Gasteiger partial charge is 0.240 e. The Labute approximate surface area is 107 Å². The molecule has 0 aliphatic carbocycles. The highest BCUT2D eigenvalue weighted by atomic mass is 32.2. The number of hydrogen-bond acceptors (Lipinski definition) is 3. The summed E-state index contributed by atoms with van der Waals surface area (Å²) in [6.45, 7) is 2.31. The molecule has 2 N–H and O–H groups in total. The third-order valence-electron chi connectivity index (χ3n) is 3.14. The van der Waals surface area contributed by atoms with E-state index in [1.165, 1.54) is 12.1 Å². The minimum absolute atomic E-state index is 0.109. The molecule has 1 aliphatic heterocycles. The van der Waals surface area contributed by atoms with Gasteiger partial charge in [0.25, 0.3) is 0 Å². The maximum absolute atomic E-state index is 12.7. The summed E-state index contributed by atoms with van der Waals surface area (Å²) in [4.78, 5) is 0.109. The molecule has 0 radical (unpaired) electrons. The predicted octanol–water partition coefficient (Wildman–Crippen LogP) is 1.10. The van der Waals surface area contributed by atoms with Gasteiger partial charge in [-0.05, 0) is 56.1 Å². The Bertz CT molecular complexity index is 481. The van der Waals surface area contributed by atoms with Gasteiger partial charge in [0.2, 0.25) is 10.0 Å². The topological polar surface area (TPSA) is 58.2 Å². The lowest BCUT2D eigenvalue weighted by Crippen LogP contribution is -2.35. The van der Waals surface area contributed by atoms with Gasteiger partial charge in [-0.3, -0.25) is 0 Å². The zero-order chi connectivity index (χ0) is 13.0. The summed E-state index contributed by atoms with van der Waals surface area (Å²) in [5, 5.41) is 3.23. The van der Waals surface area contributed by atoms with Crippen LogP contribution in [0.5, 0.6) is 0 Å². The van der Waals surface area contributed by atoms with Crippen molar-refractivity contribution < 1.29 is 12.8 Å². The van der Waals surface area contributed by atoms with E-state index in [0.717, 1.165) is 38.1 Å². The molecular formula is C12H17FN2O2S. The second-order valence-corrected chi connectivity index (χ2v) is 6.27. The highest BCUT2D eigenvalue weighted by molar-refractivity contribution is 7.89. The van der Waals surface area contributed by atoms with Gasteiger partial charge in [0.05, 0.1) is 4.90 Å². The van der Waals surface area contributed by atoms with Gasteiger partial charge in [-0.2, -0.15) is 0 Å². The summed E-state index contributed by atoms with van der Waals surface area (Å²) in [7, 11) is -3.51. The van der Waals surface area contributed by atoms with Crippen molar-refractivity contribution in [2.45, 2.75) is 17.7 Å². The molecule has 0 amide bonds. The summed E-state index contributed by atoms with van der Waals surface area (Å²) in [6.07, 6.45) is 1.96. The van der Waals surface area contributed by atoms with Crippen LogP contribution in [-0.2, 0) is 10.0 Å². The van der Waals surface area contributed by atoms with E-state index in [9.17, 15) is 12.8 Å². The molecule has 1 aliphatic rings. The van der Waals surface area contributed by atoms with Crippen LogP contribution in [0.15, 0.2) is 29.2 Å². The first-order valence-electron chi connectivity index (χ1n) is 6.04. The van der Waals surface area contributed by atoms with Crippen molar-refractivity contribution in [3.05, 3.63) is 30.1 Å². The minimum Gasteiger partial charge on any atom is -0.317 e.